The molecule has 21 heavy (non-hydrogen) atoms. The lowest BCUT2D eigenvalue weighted by molar-refractivity contribution is 0.628. The average Bonchev–Trinajstić information content (AvgIpc) is 3.17. The summed E-state index contributed by atoms with van der Waals surface area (Å²) in [5, 5.41) is 14.1. The molecule has 0 saturated heterocycles. The van der Waals surface area contributed by atoms with E-state index in [0.29, 0.717) is 17.9 Å². The Hall–Kier alpha value is -2.70. The van der Waals surface area contributed by atoms with Crippen LogP contribution in [-0.4, -0.2) is 24.8 Å². The number of benzene rings is 1. The first kappa shape index (κ1) is 13.3. The molecular formula is C14H15FN6. The minimum atomic E-state index is -0.304. The zero-order valence-electron chi connectivity index (χ0n) is 11.6. The maximum atomic E-state index is 13.9. The van der Waals surface area contributed by atoms with Gasteiger partial charge in [-0.15, -0.1) is 5.10 Å². The standard InChI is InChI=1S/C14H15FN6/c1-2-20-7-3-4-12(20)9-16-14-8-11(5-6-13(14)15)21-10-17-18-19-21/h3-8,10,16H,2,9H2,1H3. The third kappa shape index (κ3) is 2.76. The normalized spacial score (nSPS) is 10.8. The smallest absolute Gasteiger partial charge is 0.146 e. The summed E-state index contributed by atoms with van der Waals surface area (Å²) in [7, 11) is 0. The average molecular weight is 286 g/mol. The lowest BCUT2D eigenvalue weighted by Gasteiger charge is -2.11. The minimum absolute atomic E-state index is 0.304. The second-order valence-electron chi connectivity index (χ2n) is 4.56. The third-order valence-corrected chi connectivity index (χ3v) is 3.29. The van der Waals surface area contributed by atoms with Gasteiger partial charge in [-0.2, -0.15) is 0 Å². The highest BCUT2D eigenvalue weighted by molar-refractivity contribution is 5.52. The van der Waals surface area contributed by atoms with Crippen molar-refractivity contribution in [1.82, 2.24) is 24.8 Å². The molecule has 0 saturated carbocycles. The number of rotatable bonds is 5. The second kappa shape index (κ2) is 5.74. The fourth-order valence-electron chi connectivity index (χ4n) is 2.18. The van der Waals surface area contributed by atoms with Crippen molar-refractivity contribution in [3.05, 3.63) is 54.4 Å². The van der Waals surface area contributed by atoms with Crippen LogP contribution in [0.15, 0.2) is 42.9 Å². The largest absolute Gasteiger partial charge is 0.377 e. The highest BCUT2D eigenvalue weighted by atomic mass is 19.1. The highest BCUT2D eigenvalue weighted by Crippen LogP contribution is 2.19. The summed E-state index contributed by atoms with van der Waals surface area (Å²) in [6.45, 7) is 3.51. The fourth-order valence-corrected chi connectivity index (χ4v) is 2.18. The molecule has 7 heteroatoms. The van der Waals surface area contributed by atoms with Crippen LogP contribution >= 0.6 is 0 Å². The third-order valence-electron chi connectivity index (χ3n) is 3.29. The maximum Gasteiger partial charge on any atom is 0.146 e. The number of halogens is 1. The summed E-state index contributed by atoms with van der Waals surface area (Å²) in [6, 6.07) is 8.71. The molecule has 1 aromatic carbocycles. The molecule has 1 N–H and O–H groups in total. The topological polar surface area (TPSA) is 60.6 Å². The van der Waals surface area contributed by atoms with Crippen LogP contribution in [0.1, 0.15) is 12.6 Å². The van der Waals surface area contributed by atoms with Gasteiger partial charge in [0, 0.05) is 18.4 Å². The van der Waals surface area contributed by atoms with E-state index >= 15 is 0 Å². The molecule has 3 rings (SSSR count). The van der Waals surface area contributed by atoms with Gasteiger partial charge in [-0.05, 0) is 47.7 Å². The molecule has 2 heterocycles. The molecule has 6 nitrogen and oxygen atoms in total. The summed E-state index contributed by atoms with van der Waals surface area (Å²) in [6.07, 6.45) is 3.48. The molecule has 3 aromatic rings. The Kier molecular flexibility index (Phi) is 3.63. The summed E-state index contributed by atoms with van der Waals surface area (Å²) >= 11 is 0. The van der Waals surface area contributed by atoms with Crippen molar-refractivity contribution in [2.75, 3.05) is 5.32 Å². The van der Waals surface area contributed by atoms with Gasteiger partial charge < -0.3 is 9.88 Å². The summed E-state index contributed by atoms with van der Waals surface area (Å²) in [4.78, 5) is 0. The zero-order chi connectivity index (χ0) is 14.7. The van der Waals surface area contributed by atoms with Crippen LogP contribution < -0.4 is 5.32 Å². The van der Waals surface area contributed by atoms with E-state index in [0.717, 1.165) is 12.2 Å². The lowest BCUT2D eigenvalue weighted by Crippen LogP contribution is -2.07. The van der Waals surface area contributed by atoms with Gasteiger partial charge in [0.15, 0.2) is 0 Å². The molecule has 0 aliphatic heterocycles. The fraction of sp³-hybridized carbons (Fsp3) is 0.214. The first-order valence-electron chi connectivity index (χ1n) is 6.68. The molecule has 0 bridgehead atoms. The minimum Gasteiger partial charge on any atom is -0.377 e. The summed E-state index contributed by atoms with van der Waals surface area (Å²) < 4.78 is 17.5. The predicted octanol–water partition coefficient (Wildman–Crippen LogP) is 2.23. The molecule has 0 atom stereocenters. The molecule has 0 spiro atoms. The molecule has 0 fully saturated rings. The first-order chi connectivity index (χ1) is 10.3. The van der Waals surface area contributed by atoms with E-state index < -0.39 is 0 Å². The maximum absolute atomic E-state index is 13.9. The number of anilines is 1. The number of nitrogens with zero attached hydrogens (tertiary/aromatic N) is 5. The van der Waals surface area contributed by atoms with E-state index in [2.05, 4.69) is 32.3 Å². The van der Waals surface area contributed by atoms with Gasteiger partial charge in [0.2, 0.25) is 0 Å². The second-order valence-corrected chi connectivity index (χ2v) is 4.56. The van der Waals surface area contributed by atoms with Gasteiger partial charge in [0.05, 0.1) is 17.9 Å². The van der Waals surface area contributed by atoms with Gasteiger partial charge in [-0.1, -0.05) is 0 Å². The summed E-state index contributed by atoms with van der Waals surface area (Å²) in [5.74, 6) is -0.304. The van der Waals surface area contributed by atoms with E-state index in [-0.39, 0.29) is 5.82 Å². The molecule has 0 unspecified atom stereocenters. The van der Waals surface area contributed by atoms with E-state index in [1.54, 1.807) is 12.1 Å². The van der Waals surface area contributed by atoms with Crippen molar-refractivity contribution in [2.45, 2.75) is 20.0 Å². The lowest BCUT2D eigenvalue weighted by atomic mass is 10.2. The van der Waals surface area contributed by atoms with E-state index in [1.807, 2.05) is 18.3 Å². The van der Waals surface area contributed by atoms with E-state index in [4.69, 9.17) is 0 Å². The van der Waals surface area contributed by atoms with Crippen molar-refractivity contribution < 1.29 is 4.39 Å². The van der Waals surface area contributed by atoms with Crippen LogP contribution in [0.25, 0.3) is 5.69 Å². The quantitative estimate of drug-likeness (QED) is 0.781. The van der Waals surface area contributed by atoms with Crippen LogP contribution in [0.3, 0.4) is 0 Å². The molecule has 0 radical (unpaired) electrons. The van der Waals surface area contributed by atoms with Gasteiger partial charge in [-0.25, -0.2) is 9.07 Å². The van der Waals surface area contributed by atoms with E-state index in [9.17, 15) is 4.39 Å². The molecule has 0 amide bonds. The SMILES string of the molecule is CCn1cccc1CNc1cc(-n2cnnn2)ccc1F. The Bertz CT molecular complexity index is 719. The monoisotopic (exact) mass is 286 g/mol. The number of nitrogens with one attached hydrogen (secondary N) is 1. The number of aromatic nitrogens is 5. The van der Waals surface area contributed by atoms with Gasteiger partial charge in [0.25, 0.3) is 0 Å². The predicted molar refractivity (Wildman–Crippen MR) is 76.5 cm³/mol. The van der Waals surface area contributed by atoms with Crippen LogP contribution in [0.2, 0.25) is 0 Å². The Morgan fingerprint density at radius 2 is 2.19 bits per heavy atom. The molecule has 2 aromatic heterocycles. The first-order valence-corrected chi connectivity index (χ1v) is 6.68. The molecule has 0 aliphatic rings. The number of aryl methyl sites for hydroxylation is 1. The van der Waals surface area contributed by atoms with Crippen molar-refractivity contribution >= 4 is 5.69 Å². The summed E-state index contributed by atoms with van der Waals surface area (Å²) in [5.41, 5.74) is 2.23. The Labute approximate surface area is 121 Å². The number of hydrogen-bond donors (Lipinski definition) is 1. The van der Waals surface area contributed by atoms with Crippen LogP contribution in [0.4, 0.5) is 10.1 Å². The van der Waals surface area contributed by atoms with E-state index in [1.165, 1.54) is 17.1 Å². The van der Waals surface area contributed by atoms with Crippen molar-refractivity contribution in [3.63, 3.8) is 0 Å². The highest BCUT2D eigenvalue weighted by Gasteiger charge is 2.07. The Morgan fingerprint density at radius 1 is 1.29 bits per heavy atom. The van der Waals surface area contributed by atoms with Gasteiger partial charge >= 0.3 is 0 Å². The van der Waals surface area contributed by atoms with Crippen LogP contribution in [0, 0.1) is 5.82 Å². The Balaban J connectivity index is 1.80. The molecular weight excluding hydrogens is 271 g/mol. The van der Waals surface area contributed by atoms with Crippen molar-refractivity contribution in [1.29, 1.82) is 0 Å². The zero-order valence-corrected chi connectivity index (χ0v) is 11.6. The van der Waals surface area contributed by atoms with Gasteiger partial charge in [0.1, 0.15) is 12.1 Å². The van der Waals surface area contributed by atoms with Gasteiger partial charge in [-0.3, -0.25) is 0 Å². The Morgan fingerprint density at radius 3 is 2.95 bits per heavy atom. The molecule has 108 valence electrons. The van der Waals surface area contributed by atoms with Crippen molar-refractivity contribution in [2.24, 2.45) is 0 Å². The van der Waals surface area contributed by atoms with Crippen LogP contribution in [-0.2, 0) is 13.1 Å². The van der Waals surface area contributed by atoms with Crippen LogP contribution in [0.5, 0.6) is 0 Å². The number of hydrogen-bond acceptors (Lipinski definition) is 4. The number of tetrazole rings is 1. The molecule has 0 aliphatic carbocycles. The van der Waals surface area contributed by atoms with Crippen molar-refractivity contribution in [3.8, 4) is 5.69 Å².